The van der Waals surface area contributed by atoms with Crippen LogP contribution < -0.4 is 15.8 Å². The minimum atomic E-state index is -4.63. The Bertz CT molecular complexity index is 1230. The fourth-order valence-electron chi connectivity index (χ4n) is 3.92. The number of likely N-dealkylation sites (tertiary alicyclic amines) is 1. The van der Waals surface area contributed by atoms with Crippen molar-refractivity contribution in [1.82, 2.24) is 24.8 Å². The van der Waals surface area contributed by atoms with Gasteiger partial charge in [-0.1, -0.05) is 0 Å². The molecule has 13 heteroatoms. The van der Waals surface area contributed by atoms with Gasteiger partial charge in [-0.2, -0.15) is 13.2 Å². The van der Waals surface area contributed by atoms with E-state index in [0.717, 1.165) is 13.2 Å². The van der Waals surface area contributed by atoms with E-state index in [4.69, 9.17) is 10.5 Å². The molecule has 3 N–H and O–H groups in total. The number of nitrogens with two attached hydrogens (primary N) is 1. The second-order valence-corrected chi connectivity index (χ2v) is 9.95. The second-order valence-electron chi connectivity index (χ2n) is 8.04. The number of hydrogen-bond acceptors (Lipinski definition) is 8. The third-order valence-corrected chi connectivity index (χ3v) is 7.08. The summed E-state index contributed by atoms with van der Waals surface area (Å²) in [6, 6.07) is 3.65. The van der Waals surface area contributed by atoms with Crippen molar-refractivity contribution in [2.24, 2.45) is 5.73 Å². The van der Waals surface area contributed by atoms with E-state index in [0.29, 0.717) is 56.6 Å². The van der Waals surface area contributed by atoms with E-state index in [1.165, 1.54) is 12.5 Å². The van der Waals surface area contributed by atoms with Crippen molar-refractivity contribution in [2.75, 3.05) is 25.5 Å². The summed E-state index contributed by atoms with van der Waals surface area (Å²) in [6.45, 7) is 1.06. The smallest absolute Gasteiger partial charge is 0.166 e. The summed E-state index contributed by atoms with van der Waals surface area (Å²) in [6.07, 6.45) is -1.26. The Labute approximate surface area is 205 Å². The Morgan fingerprint density at radius 1 is 1.34 bits per heavy atom. The zero-order valence-corrected chi connectivity index (χ0v) is 20.8. The molecule has 186 valence electrons. The molecule has 9 nitrogen and oxygen atoms in total. The Kier molecular flexibility index (Phi) is 7.39. The molecule has 0 spiro atoms. The molecule has 35 heavy (non-hydrogen) atoms. The first-order chi connectivity index (χ1) is 16.7. The van der Waals surface area contributed by atoms with Crippen LogP contribution in [0.1, 0.15) is 12.0 Å². The van der Waals surface area contributed by atoms with Gasteiger partial charge < -0.3 is 4.74 Å². The first-order valence-corrected chi connectivity index (χ1v) is 13.7. The molecule has 0 unspecified atom stereocenters. The molecule has 0 bridgehead atoms. The summed E-state index contributed by atoms with van der Waals surface area (Å²) < 4.78 is 45.1. The largest absolute Gasteiger partial charge is 0.421 e. The van der Waals surface area contributed by atoms with E-state index in [-0.39, 0.29) is 23.2 Å². The number of nitrogens with one attached hydrogen (secondary N) is 1. The molecule has 2 atom stereocenters. The number of hydrogen-bond donors (Lipinski definition) is 2. The van der Waals surface area contributed by atoms with Crippen LogP contribution in [0.25, 0.3) is 22.3 Å². The summed E-state index contributed by atoms with van der Waals surface area (Å²) in [5.74, 6) is 1.92. The predicted octanol–water partition coefficient (Wildman–Crippen LogP) is 2.62. The van der Waals surface area contributed by atoms with Crippen LogP contribution in [0.15, 0.2) is 30.7 Å². The minimum absolute atomic E-state index is 0.0570. The van der Waals surface area contributed by atoms with Crippen LogP contribution in [0.5, 0.6) is 5.88 Å². The van der Waals surface area contributed by atoms with Crippen LogP contribution in [0.3, 0.4) is 0 Å². The fourth-order valence-corrected chi connectivity index (χ4v) is 4.97. The molecule has 1 aliphatic rings. The van der Waals surface area contributed by atoms with Crippen LogP contribution >= 0.6 is 0 Å². The second kappa shape index (κ2) is 10.3. The van der Waals surface area contributed by atoms with Crippen LogP contribution in [-0.4, -0.2) is 78.0 Å². The third kappa shape index (κ3) is 5.47. The normalized spacial score (nSPS) is 17.0. The summed E-state index contributed by atoms with van der Waals surface area (Å²) in [5.41, 5.74) is 6.41. The predicted molar refractivity (Wildman–Crippen MR) is 125 cm³/mol. The average Bonchev–Trinajstić information content (AvgIpc) is 3.31. The van der Waals surface area contributed by atoms with Crippen molar-refractivity contribution in [2.45, 2.75) is 35.8 Å². The number of fused-ring (bicyclic) bond motifs is 1. The van der Waals surface area contributed by atoms with Gasteiger partial charge in [0.1, 0.15) is 5.56 Å². The number of rotatable bonds is 7. The SMILES string of the molecule is COc1ncc(-c2ccc3ncnc(N[C@H]4CCN(C(=O)[C@@H](N)C[Se]C)C4)c3n2)cc1C(F)(F)F. The Morgan fingerprint density at radius 2 is 2.14 bits per heavy atom. The van der Waals surface area contributed by atoms with Crippen LogP contribution in [0.4, 0.5) is 19.0 Å². The van der Waals surface area contributed by atoms with Crippen LogP contribution in [0.2, 0.25) is 11.1 Å². The van der Waals surface area contributed by atoms with Crippen molar-refractivity contribution in [1.29, 1.82) is 0 Å². The van der Waals surface area contributed by atoms with Gasteiger partial charge in [-0.05, 0) is 6.07 Å². The van der Waals surface area contributed by atoms with Gasteiger partial charge in [0, 0.05) is 6.20 Å². The van der Waals surface area contributed by atoms with Gasteiger partial charge >= 0.3 is 152 Å². The third-order valence-electron chi connectivity index (χ3n) is 5.63. The summed E-state index contributed by atoms with van der Waals surface area (Å²) in [7, 11) is 1.14. The zero-order chi connectivity index (χ0) is 25.2. The molecule has 3 aromatic rings. The van der Waals surface area contributed by atoms with E-state index in [1.807, 2.05) is 5.82 Å². The number of anilines is 1. The first kappa shape index (κ1) is 25.1. The van der Waals surface area contributed by atoms with E-state index in [2.05, 4.69) is 25.3 Å². The topological polar surface area (TPSA) is 119 Å². The van der Waals surface area contributed by atoms with Crippen LogP contribution in [-0.2, 0) is 11.0 Å². The molecule has 0 aliphatic carbocycles. The van der Waals surface area contributed by atoms with Crippen molar-refractivity contribution in [3.8, 4) is 17.1 Å². The maximum absolute atomic E-state index is 13.5. The number of nitrogens with zero attached hydrogens (tertiary/aromatic N) is 5. The number of amides is 1. The molecule has 0 aromatic carbocycles. The molecule has 1 amide bonds. The molecule has 0 radical (unpaired) electrons. The number of halogens is 3. The van der Waals surface area contributed by atoms with Gasteiger partial charge in [-0.3, -0.25) is 0 Å². The minimum Gasteiger partial charge on any atom is -0.166 e. The number of aromatic nitrogens is 4. The summed E-state index contributed by atoms with van der Waals surface area (Å²) >= 11 is 0.315. The summed E-state index contributed by atoms with van der Waals surface area (Å²) in [4.78, 5) is 31.1. The number of methoxy groups -OCH3 is 1. The quantitative estimate of drug-likeness (QED) is 0.428. The number of pyridine rings is 2. The average molecular weight is 554 g/mol. The Morgan fingerprint density at radius 3 is 2.86 bits per heavy atom. The van der Waals surface area contributed by atoms with Gasteiger partial charge in [0.15, 0.2) is 0 Å². The van der Waals surface area contributed by atoms with E-state index >= 15 is 0 Å². The maximum atomic E-state index is 13.5. The number of alkyl halides is 3. The van der Waals surface area contributed by atoms with E-state index < -0.39 is 23.7 Å². The molecule has 3 aromatic heterocycles. The molecule has 0 saturated carbocycles. The Balaban J connectivity index is 1.60. The molecule has 4 rings (SSSR count). The van der Waals surface area contributed by atoms with Crippen molar-refractivity contribution in [3.63, 3.8) is 0 Å². The first-order valence-electron chi connectivity index (χ1n) is 10.7. The monoisotopic (exact) mass is 555 g/mol. The van der Waals surface area contributed by atoms with Gasteiger partial charge in [0.2, 0.25) is 5.88 Å². The molecule has 1 fully saturated rings. The van der Waals surface area contributed by atoms with Gasteiger partial charge in [-0.25, -0.2) is 4.98 Å². The van der Waals surface area contributed by atoms with E-state index in [9.17, 15) is 18.0 Å². The molecule has 1 saturated heterocycles. The fraction of sp³-hybridized carbons (Fsp3) is 0.409. The zero-order valence-electron chi connectivity index (χ0n) is 19.0. The summed E-state index contributed by atoms with van der Waals surface area (Å²) in [5, 5.41) is 4.01. The van der Waals surface area contributed by atoms with Crippen LogP contribution in [0, 0.1) is 0 Å². The molecular weight excluding hydrogens is 530 g/mol. The number of carbonyl (C=O) groups excluding carboxylic acids is 1. The van der Waals surface area contributed by atoms with E-state index in [1.54, 1.807) is 17.0 Å². The standard InChI is InChI=1S/C22H24F3N7O2Se/c1-34-20-14(22(23,24)25)7-12(8-27-20)16-3-4-17-18(31-16)19(29-11-28-17)30-13-5-6-32(9-13)21(33)15(26)10-35-2/h3-4,7-8,11,13,15H,5-6,9-10,26H2,1-2H3,(H,28,29,30)/t13-,15-/m0/s1. The van der Waals surface area contributed by atoms with Gasteiger partial charge in [-0.15, -0.1) is 0 Å². The number of carbonyl (C=O) groups is 1. The molecule has 4 heterocycles. The van der Waals surface area contributed by atoms with Crippen molar-refractivity contribution < 1.29 is 22.7 Å². The van der Waals surface area contributed by atoms with Crippen molar-refractivity contribution in [3.05, 3.63) is 36.3 Å². The molecular formula is C22H24F3N7O2Se. The number of ether oxygens (including phenoxy) is 1. The maximum Gasteiger partial charge on any atom is 0.421 e. The van der Waals surface area contributed by atoms with Crippen molar-refractivity contribution >= 4 is 37.7 Å². The van der Waals surface area contributed by atoms with Gasteiger partial charge in [0.05, 0.1) is 7.11 Å². The van der Waals surface area contributed by atoms with Gasteiger partial charge in [0.25, 0.3) is 0 Å². The molecule has 1 aliphatic heterocycles. The Hall–Kier alpha value is -3.02.